The fraction of sp³-hybridized carbons (Fsp3) is 0.250. The summed E-state index contributed by atoms with van der Waals surface area (Å²) in [5.74, 6) is 2.11. The van der Waals surface area contributed by atoms with Gasteiger partial charge in [-0.3, -0.25) is 0 Å². The summed E-state index contributed by atoms with van der Waals surface area (Å²) in [4.78, 5) is 4.11. The molecule has 0 bridgehead atoms. The molecule has 0 saturated carbocycles. The van der Waals surface area contributed by atoms with Gasteiger partial charge in [0.25, 0.3) is 0 Å². The number of oxazole rings is 1. The molecule has 0 unspecified atom stereocenters. The maximum Gasteiger partial charge on any atom is 0.213 e. The number of nitrogens with two attached hydrogens (primary N) is 1. The van der Waals surface area contributed by atoms with Gasteiger partial charge in [-0.1, -0.05) is 0 Å². The average molecular weight is 233 g/mol. The summed E-state index contributed by atoms with van der Waals surface area (Å²) in [6.07, 6.45) is 1.70. The van der Waals surface area contributed by atoms with Crippen molar-refractivity contribution in [2.75, 3.05) is 18.2 Å². The van der Waals surface area contributed by atoms with E-state index in [2.05, 4.69) is 10.3 Å². The number of nitrogen functional groups attached to an aromatic ring is 1. The van der Waals surface area contributed by atoms with Crippen LogP contribution in [0.25, 0.3) is 0 Å². The first-order valence-electron chi connectivity index (χ1n) is 5.27. The van der Waals surface area contributed by atoms with Crippen molar-refractivity contribution < 1.29 is 9.15 Å². The van der Waals surface area contributed by atoms with Gasteiger partial charge in [0, 0.05) is 11.8 Å². The van der Waals surface area contributed by atoms with E-state index >= 15 is 0 Å². The van der Waals surface area contributed by atoms with E-state index in [4.69, 9.17) is 14.9 Å². The Morgan fingerprint density at radius 2 is 2.29 bits per heavy atom. The lowest BCUT2D eigenvalue weighted by Gasteiger charge is -2.08. The van der Waals surface area contributed by atoms with E-state index in [-0.39, 0.29) is 0 Å². The molecule has 0 aliphatic heterocycles. The van der Waals surface area contributed by atoms with Gasteiger partial charge in [0.2, 0.25) is 5.89 Å². The molecule has 2 aromatic rings. The Morgan fingerprint density at radius 3 is 2.94 bits per heavy atom. The molecule has 0 atom stereocenters. The smallest absolute Gasteiger partial charge is 0.213 e. The molecule has 17 heavy (non-hydrogen) atoms. The average Bonchev–Trinajstić information content (AvgIpc) is 2.74. The molecule has 90 valence electrons. The summed E-state index contributed by atoms with van der Waals surface area (Å²) in [7, 11) is 1.59. The number of aryl methyl sites for hydroxylation is 1. The SMILES string of the molecule is COc1cc(NCc2ncc(C)o2)ccc1N. The first-order chi connectivity index (χ1) is 8.19. The number of aromatic nitrogens is 1. The number of benzene rings is 1. The van der Waals surface area contributed by atoms with E-state index in [1.54, 1.807) is 19.4 Å². The molecule has 5 heteroatoms. The minimum Gasteiger partial charge on any atom is -0.495 e. The van der Waals surface area contributed by atoms with Crippen molar-refractivity contribution in [2.45, 2.75) is 13.5 Å². The fourth-order valence-electron chi connectivity index (χ4n) is 1.48. The normalized spacial score (nSPS) is 10.2. The third-order valence-electron chi connectivity index (χ3n) is 2.35. The topological polar surface area (TPSA) is 73.3 Å². The van der Waals surface area contributed by atoms with Crippen LogP contribution < -0.4 is 15.8 Å². The van der Waals surface area contributed by atoms with Gasteiger partial charge in [0.1, 0.15) is 11.5 Å². The van der Waals surface area contributed by atoms with Crippen molar-refractivity contribution in [1.82, 2.24) is 4.98 Å². The minimum atomic E-state index is 0.529. The Labute approximate surface area is 99.6 Å². The van der Waals surface area contributed by atoms with Crippen LogP contribution >= 0.6 is 0 Å². The third-order valence-corrected chi connectivity index (χ3v) is 2.35. The van der Waals surface area contributed by atoms with Gasteiger partial charge >= 0.3 is 0 Å². The number of rotatable bonds is 4. The van der Waals surface area contributed by atoms with E-state index in [1.807, 2.05) is 19.1 Å². The zero-order valence-corrected chi connectivity index (χ0v) is 9.86. The Hall–Kier alpha value is -2.17. The number of methoxy groups -OCH3 is 1. The van der Waals surface area contributed by atoms with Crippen LogP contribution in [0.5, 0.6) is 5.75 Å². The molecule has 0 amide bonds. The number of anilines is 2. The minimum absolute atomic E-state index is 0.529. The second-order valence-corrected chi connectivity index (χ2v) is 3.67. The largest absolute Gasteiger partial charge is 0.495 e. The zero-order chi connectivity index (χ0) is 12.3. The Kier molecular flexibility index (Phi) is 3.18. The molecule has 3 N–H and O–H groups in total. The van der Waals surface area contributed by atoms with Crippen molar-refractivity contribution >= 4 is 11.4 Å². The number of nitrogens with one attached hydrogen (secondary N) is 1. The Morgan fingerprint density at radius 1 is 1.47 bits per heavy atom. The Bertz CT molecular complexity index is 508. The first kappa shape index (κ1) is 11.3. The molecule has 0 saturated heterocycles. The van der Waals surface area contributed by atoms with Gasteiger partial charge in [-0.25, -0.2) is 4.98 Å². The summed E-state index contributed by atoms with van der Waals surface area (Å²) < 4.78 is 10.5. The van der Waals surface area contributed by atoms with E-state index in [9.17, 15) is 0 Å². The zero-order valence-electron chi connectivity index (χ0n) is 9.86. The van der Waals surface area contributed by atoms with Crippen molar-refractivity contribution in [3.05, 3.63) is 36.0 Å². The number of ether oxygens (including phenoxy) is 1. The second-order valence-electron chi connectivity index (χ2n) is 3.67. The summed E-state index contributed by atoms with van der Waals surface area (Å²) in [6, 6.07) is 5.51. The molecule has 0 aliphatic carbocycles. The van der Waals surface area contributed by atoms with Gasteiger partial charge in [-0.15, -0.1) is 0 Å². The third kappa shape index (κ3) is 2.69. The highest BCUT2D eigenvalue weighted by Crippen LogP contribution is 2.25. The van der Waals surface area contributed by atoms with Crippen molar-refractivity contribution in [1.29, 1.82) is 0 Å². The molecule has 0 spiro atoms. The van der Waals surface area contributed by atoms with Gasteiger partial charge in [0.05, 0.1) is 25.5 Å². The molecule has 1 aromatic carbocycles. The first-order valence-corrected chi connectivity index (χ1v) is 5.27. The summed E-state index contributed by atoms with van der Waals surface area (Å²) in [5.41, 5.74) is 7.25. The van der Waals surface area contributed by atoms with Crippen LogP contribution in [0, 0.1) is 6.92 Å². The Balaban J connectivity index is 2.04. The van der Waals surface area contributed by atoms with Crippen molar-refractivity contribution in [3.8, 4) is 5.75 Å². The van der Waals surface area contributed by atoms with Crippen molar-refractivity contribution in [2.24, 2.45) is 0 Å². The monoisotopic (exact) mass is 233 g/mol. The molecule has 1 aromatic heterocycles. The van der Waals surface area contributed by atoms with Crippen LogP contribution in [0.4, 0.5) is 11.4 Å². The molecule has 2 rings (SSSR count). The van der Waals surface area contributed by atoms with E-state index in [0.29, 0.717) is 23.9 Å². The van der Waals surface area contributed by atoms with Gasteiger partial charge < -0.3 is 20.2 Å². The van der Waals surface area contributed by atoms with E-state index in [1.165, 1.54) is 0 Å². The van der Waals surface area contributed by atoms with Crippen LogP contribution in [0.2, 0.25) is 0 Å². The van der Waals surface area contributed by atoms with Crippen LogP contribution in [0.15, 0.2) is 28.8 Å². The number of hydrogen-bond acceptors (Lipinski definition) is 5. The fourth-order valence-corrected chi connectivity index (χ4v) is 1.48. The second kappa shape index (κ2) is 4.78. The van der Waals surface area contributed by atoms with Crippen molar-refractivity contribution in [3.63, 3.8) is 0 Å². The maximum atomic E-state index is 5.73. The van der Waals surface area contributed by atoms with Crippen LogP contribution in [-0.2, 0) is 6.54 Å². The lowest BCUT2D eigenvalue weighted by molar-refractivity contribution is 0.417. The predicted molar refractivity (Wildman–Crippen MR) is 66.0 cm³/mol. The lowest BCUT2D eigenvalue weighted by Crippen LogP contribution is -2.00. The number of nitrogens with zero attached hydrogens (tertiary/aromatic N) is 1. The predicted octanol–water partition coefficient (Wildman–Crippen LogP) is 2.19. The molecule has 1 heterocycles. The summed E-state index contributed by atoms with van der Waals surface area (Å²) in [5, 5.41) is 3.18. The van der Waals surface area contributed by atoms with E-state index in [0.717, 1.165) is 11.4 Å². The standard InChI is InChI=1S/C12H15N3O2/c1-8-6-15-12(17-8)7-14-9-3-4-10(13)11(5-9)16-2/h3-6,14H,7,13H2,1-2H3. The molecule has 0 radical (unpaired) electrons. The molecular formula is C12H15N3O2. The molecule has 0 aliphatic rings. The number of hydrogen-bond donors (Lipinski definition) is 2. The van der Waals surface area contributed by atoms with Crippen LogP contribution in [0.3, 0.4) is 0 Å². The lowest BCUT2D eigenvalue weighted by atomic mass is 10.2. The highest BCUT2D eigenvalue weighted by Gasteiger charge is 2.03. The molecular weight excluding hydrogens is 218 g/mol. The molecule has 0 fully saturated rings. The molecule has 5 nitrogen and oxygen atoms in total. The van der Waals surface area contributed by atoms with Gasteiger partial charge in [-0.2, -0.15) is 0 Å². The maximum absolute atomic E-state index is 5.73. The highest BCUT2D eigenvalue weighted by atomic mass is 16.5. The van der Waals surface area contributed by atoms with Crippen LogP contribution in [0.1, 0.15) is 11.7 Å². The van der Waals surface area contributed by atoms with Gasteiger partial charge in [0.15, 0.2) is 0 Å². The van der Waals surface area contributed by atoms with E-state index < -0.39 is 0 Å². The quantitative estimate of drug-likeness (QED) is 0.792. The summed E-state index contributed by atoms with van der Waals surface area (Å²) >= 11 is 0. The highest BCUT2D eigenvalue weighted by molar-refractivity contribution is 5.61. The van der Waals surface area contributed by atoms with Gasteiger partial charge in [-0.05, 0) is 19.1 Å². The van der Waals surface area contributed by atoms with Crippen LogP contribution in [-0.4, -0.2) is 12.1 Å². The summed E-state index contributed by atoms with van der Waals surface area (Å²) in [6.45, 7) is 2.39.